The van der Waals surface area contributed by atoms with Crippen LogP contribution in [0, 0.1) is 18.2 Å². The third-order valence-corrected chi connectivity index (χ3v) is 3.25. The van der Waals surface area contributed by atoms with Crippen molar-refractivity contribution in [1.29, 1.82) is 0 Å². The number of aryl methyl sites for hydroxylation is 1. The van der Waals surface area contributed by atoms with Crippen molar-refractivity contribution >= 4 is 5.97 Å². The number of halogens is 1. The van der Waals surface area contributed by atoms with Crippen molar-refractivity contribution in [3.63, 3.8) is 0 Å². The van der Waals surface area contributed by atoms with E-state index in [1.807, 2.05) is 18.0 Å². The second kappa shape index (κ2) is 6.15. The van der Waals surface area contributed by atoms with Crippen molar-refractivity contribution in [3.8, 4) is 0 Å². The minimum absolute atomic E-state index is 0.191. The molecule has 1 aromatic carbocycles. The minimum atomic E-state index is -0.794. The first-order chi connectivity index (χ1) is 8.72. The molecule has 0 aliphatic rings. The van der Waals surface area contributed by atoms with Crippen LogP contribution < -0.4 is 0 Å². The number of hydrogen-bond acceptors (Lipinski definition) is 2. The molecule has 106 valence electrons. The van der Waals surface area contributed by atoms with Gasteiger partial charge in [-0.1, -0.05) is 12.1 Å². The number of carbonyl (C=O) groups is 1. The number of hydrogen-bond donors (Lipinski definition) is 1. The number of benzene rings is 1. The van der Waals surface area contributed by atoms with Crippen LogP contribution in [0.1, 0.15) is 25.0 Å². The van der Waals surface area contributed by atoms with E-state index in [-0.39, 0.29) is 5.82 Å². The first-order valence-electron chi connectivity index (χ1n) is 6.39. The highest BCUT2D eigenvalue weighted by molar-refractivity contribution is 5.73. The molecule has 0 saturated carbocycles. The molecule has 0 fully saturated rings. The van der Waals surface area contributed by atoms with Gasteiger partial charge in [0.25, 0.3) is 0 Å². The fraction of sp³-hybridized carbons (Fsp3) is 0.533. The van der Waals surface area contributed by atoms with Gasteiger partial charge in [0.1, 0.15) is 5.82 Å². The van der Waals surface area contributed by atoms with Gasteiger partial charge in [-0.25, -0.2) is 4.39 Å². The van der Waals surface area contributed by atoms with Crippen LogP contribution in [0.4, 0.5) is 4.39 Å². The Labute approximate surface area is 114 Å². The van der Waals surface area contributed by atoms with Crippen LogP contribution in [0.2, 0.25) is 0 Å². The summed E-state index contributed by atoms with van der Waals surface area (Å²) in [6.45, 7) is 6.42. The first-order valence-corrected chi connectivity index (χ1v) is 6.39. The molecule has 0 atom stereocenters. The van der Waals surface area contributed by atoms with E-state index in [9.17, 15) is 9.18 Å². The van der Waals surface area contributed by atoms with E-state index in [0.29, 0.717) is 12.1 Å². The van der Waals surface area contributed by atoms with Gasteiger partial charge in [-0.05, 0) is 51.4 Å². The summed E-state index contributed by atoms with van der Waals surface area (Å²) in [7, 11) is 1.90. The summed E-state index contributed by atoms with van der Waals surface area (Å²) >= 11 is 0. The molecule has 0 spiro atoms. The predicted octanol–water partition coefficient (Wildman–Crippen LogP) is 2.72. The van der Waals surface area contributed by atoms with Crippen molar-refractivity contribution in [3.05, 3.63) is 35.1 Å². The Hall–Kier alpha value is -1.42. The average molecular weight is 267 g/mol. The van der Waals surface area contributed by atoms with Crippen LogP contribution >= 0.6 is 0 Å². The Morgan fingerprint density at radius 3 is 2.58 bits per heavy atom. The molecule has 0 saturated heterocycles. The van der Waals surface area contributed by atoms with E-state index in [2.05, 4.69) is 0 Å². The van der Waals surface area contributed by atoms with Crippen LogP contribution in [-0.4, -0.2) is 36.1 Å². The maximum Gasteiger partial charge on any atom is 0.310 e. The molecule has 0 radical (unpaired) electrons. The number of rotatable bonds is 6. The van der Waals surface area contributed by atoms with Crippen molar-refractivity contribution < 1.29 is 14.3 Å². The lowest BCUT2D eigenvalue weighted by molar-refractivity contribution is -0.147. The fourth-order valence-corrected chi connectivity index (χ4v) is 2.00. The molecule has 0 aliphatic heterocycles. The van der Waals surface area contributed by atoms with Crippen molar-refractivity contribution in [2.24, 2.45) is 5.41 Å². The zero-order valence-corrected chi connectivity index (χ0v) is 12.0. The molecule has 0 heterocycles. The highest BCUT2D eigenvalue weighted by Gasteiger charge is 2.28. The lowest BCUT2D eigenvalue weighted by Gasteiger charge is -2.26. The zero-order valence-electron chi connectivity index (χ0n) is 12.0. The smallest absolute Gasteiger partial charge is 0.310 e. The largest absolute Gasteiger partial charge is 0.481 e. The maximum atomic E-state index is 13.1. The monoisotopic (exact) mass is 267 g/mol. The summed E-state index contributed by atoms with van der Waals surface area (Å²) in [6, 6.07) is 5.09. The molecule has 0 aliphatic carbocycles. The zero-order chi connectivity index (χ0) is 14.6. The number of aliphatic carboxylic acids is 1. The second-order valence-electron chi connectivity index (χ2n) is 5.76. The van der Waals surface area contributed by atoms with Gasteiger partial charge in [-0.3, -0.25) is 4.79 Å². The summed E-state index contributed by atoms with van der Waals surface area (Å²) in [5.41, 5.74) is 0.956. The average Bonchev–Trinajstić information content (AvgIpc) is 2.30. The topological polar surface area (TPSA) is 40.5 Å². The normalized spacial score (nSPS) is 11.9. The van der Waals surface area contributed by atoms with Crippen molar-refractivity contribution in [2.45, 2.75) is 27.2 Å². The Morgan fingerprint density at radius 1 is 1.42 bits per heavy atom. The van der Waals surface area contributed by atoms with Gasteiger partial charge in [0, 0.05) is 13.1 Å². The van der Waals surface area contributed by atoms with Crippen LogP contribution in [-0.2, 0) is 11.2 Å². The third kappa shape index (κ3) is 4.63. The minimum Gasteiger partial charge on any atom is -0.481 e. The van der Waals surface area contributed by atoms with Crippen LogP contribution in [0.5, 0.6) is 0 Å². The second-order valence-corrected chi connectivity index (χ2v) is 5.76. The molecule has 1 rings (SSSR count). The highest BCUT2D eigenvalue weighted by Crippen LogP contribution is 2.17. The lowest BCUT2D eigenvalue weighted by atomic mass is 9.93. The van der Waals surface area contributed by atoms with Gasteiger partial charge in [0.2, 0.25) is 0 Å². The predicted molar refractivity (Wildman–Crippen MR) is 73.8 cm³/mol. The molecule has 1 aromatic rings. The van der Waals surface area contributed by atoms with Gasteiger partial charge in [-0.2, -0.15) is 0 Å². The van der Waals surface area contributed by atoms with Gasteiger partial charge in [-0.15, -0.1) is 0 Å². The van der Waals surface area contributed by atoms with E-state index in [0.717, 1.165) is 18.5 Å². The molecule has 4 heteroatoms. The molecule has 19 heavy (non-hydrogen) atoms. The number of carboxylic acids is 1. The summed E-state index contributed by atoms with van der Waals surface area (Å²) in [4.78, 5) is 13.0. The van der Waals surface area contributed by atoms with Gasteiger partial charge >= 0.3 is 5.97 Å². The Kier molecular flexibility index (Phi) is 5.06. The van der Waals surface area contributed by atoms with Crippen molar-refractivity contribution in [2.75, 3.05) is 20.1 Å². The number of likely N-dealkylation sites (N-methyl/N-ethyl adjacent to an activating group) is 1. The van der Waals surface area contributed by atoms with Gasteiger partial charge in [0.05, 0.1) is 5.41 Å². The molecule has 0 aromatic heterocycles. The Balaban J connectivity index is 2.52. The highest BCUT2D eigenvalue weighted by atomic mass is 19.1. The maximum absolute atomic E-state index is 13.1. The van der Waals surface area contributed by atoms with E-state index < -0.39 is 11.4 Å². The summed E-state index contributed by atoms with van der Waals surface area (Å²) in [6.07, 6.45) is 0.785. The first kappa shape index (κ1) is 15.6. The molecular weight excluding hydrogens is 245 g/mol. The summed E-state index contributed by atoms with van der Waals surface area (Å²) < 4.78 is 13.1. The van der Waals surface area contributed by atoms with E-state index >= 15 is 0 Å². The number of nitrogens with zero attached hydrogens (tertiary/aromatic N) is 1. The summed E-state index contributed by atoms with van der Waals surface area (Å²) in [5, 5.41) is 9.07. The fourth-order valence-electron chi connectivity index (χ4n) is 2.00. The van der Waals surface area contributed by atoms with E-state index in [4.69, 9.17) is 5.11 Å². The van der Waals surface area contributed by atoms with E-state index in [1.54, 1.807) is 26.8 Å². The number of carboxylic acid groups (broad SMARTS) is 1. The van der Waals surface area contributed by atoms with Gasteiger partial charge in [0.15, 0.2) is 0 Å². The summed E-state index contributed by atoms with van der Waals surface area (Å²) in [5.74, 6) is -0.985. The lowest BCUT2D eigenvalue weighted by Crippen LogP contribution is -2.38. The van der Waals surface area contributed by atoms with Crippen LogP contribution in [0.15, 0.2) is 18.2 Å². The van der Waals surface area contributed by atoms with Gasteiger partial charge < -0.3 is 10.0 Å². The Morgan fingerprint density at radius 2 is 2.05 bits per heavy atom. The van der Waals surface area contributed by atoms with Crippen LogP contribution in [0.3, 0.4) is 0 Å². The molecule has 0 amide bonds. The molecular formula is C15H22FNO2. The molecule has 0 unspecified atom stereocenters. The molecule has 0 bridgehead atoms. The molecule has 1 N–H and O–H groups in total. The quantitative estimate of drug-likeness (QED) is 0.861. The standard InChI is InChI=1S/C15H22FNO2/c1-11-9-12(5-6-13(11)16)7-8-17(4)10-15(2,3)14(18)19/h5-6,9H,7-8,10H2,1-4H3,(H,18,19). The van der Waals surface area contributed by atoms with E-state index in [1.165, 1.54) is 6.07 Å². The van der Waals surface area contributed by atoms with Crippen molar-refractivity contribution in [1.82, 2.24) is 4.90 Å². The third-order valence-electron chi connectivity index (χ3n) is 3.25. The van der Waals surface area contributed by atoms with Crippen LogP contribution in [0.25, 0.3) is 0 Å². The Bertz CT molecular complexity index is 457. The molecule has 3 nitrogen and oxygen atoms in total. The SMILES string of the molecule is Cc1cc(CCN(C)CC(C)(C)C(=O)O)ccc1F.